The Morgan fingerprint density at radius 1 is 1.17 bits per heavy atom. The molecule has 2 amide bonds. The van der Waals surface area contributed by atoms with Crippen LogP contribution < -0.4 is 10.6 Å². The summed E-state index contributed by atoms with van der Waals surface area (Å²) >= 11 is 0. The highest BCUT2D eigenvalue weighted by Crippen LogP contribution is 2.27. The van der Waals surface area contributed by atoms with Gasteiger partial charge in [-0.2, -0.15) is 5.26 Å². The molecule has 1 aromatic heterocycles. The van der Waals surface area contributed by atoms with Crippen LogP contribution in [0.5, 0.6) is 0 Å². The first kappa shape index (κ1) is 21.6. The summed E-state index contributed by atoms with van der Waals surface area (Å²) in [4.78, 5) is 26.6. The van der Waals surface area contributed by atoms with Crippen molar-refractivity contribution in [1.82, 2.24) is 14.8 Å². The number of nitriles is 1. The minimum Gasteiger partial charge on any atom is -0.359 e. The molecular formula is C23H29N5O2. The molecule has 0 atom stereocenters. The summed E-state index contributed by atoms with van der Waals surface area (Å²) in [6, 6.07) is 12.2. The second kappa shape index (κ2) is 9.59. The molecule has 1 fully saturated rings. The van der Waals surface area contributed by atoms with Gasteiger partial charge in [-0.3, -0.25) is 14.5 Å². The van der Waals surface area contributed by atoms with Crippen molar-refractivity contribution in [2.24, 2.45) is 5.92 Å². The maximum atomic E-state index is 12.8. The molecular weight excluding hydrogens is 378 g/mol. The molecule has 0 aliphatic carbocycles. The number of hydrogen-bond donors (Lipinski definition) is 2. The van der Waals surface area contributed by atoms with Crippen LogP contribution in [-0.2, 0) is 16.1 Å². The summed E-state index contributed by atoms with van der Waals surface area (Å²) in [7, 11) is 1.66. The highest BCUT2D eigenvalue weighted by molar-refractivity contribution is 5.93. The smallest absolute Gasteiger partial charge is 0.239 e. The molecule has 0 radical (unpaired) electrons. The molecule has 2 heterocycles. The highest BCUT2D eigenvalue weighted by atomic mass is 16.2. The first-order valence-electron chi connectivity index (χ1n) is 10.3. The van der Waals surface area contributed by atoms with Gasteiger partial charge in [0.25, 0.3) is 0 Å². The second-order valence-electron chi connectivity index (χ2n) is 7.83. The number of rotatable bonds is 6. The Kier molecular flexibility index (Phi) is 6.91. The second-order valence-corrected chi connectivity index (χ2v) is 7.83. The first-order valence-corrected chi connectivity index (χ1v) is 10.3. The van der Waals surface area contributed by atoms with Crippen LogP contribution in [0.3, 0.4) is 0 Å². The van der Waals surface area contributed by atoms with Crippen molar-refractivity contribution < 1.29 is 9.59 Å². The third-order valence-corrected chi connectivity index (χ3v) is 5.95. The Hall–Kier alpha value is -3.11. The molecule has 7 nitrogen and oxygen atoms in total. The maximum absolute atomic E-state index is 12.8. The van der Waals surface area contributed by atoms with E-state index in [1.165, 1.54) is 0 Å². The van der Waals surface area contributed by atoms with E-state index in [2.05, 4.69) is 21.6 Å². The number of hydrogen-bond acceptors (Lipinski definition) is 4. The van der Waals surface area contributed by atoms with Crippen LogP contribution >= 0.6 is 0 Å². The number of nitrogens with one attached hydrogen (secondary N) is 2. The molecule has 1 aliphatic rings. The summed E-state index contributed by atoms with van der Waals surface area (Å²) in [5, 5.41) is 15.4. The molecule has 0 spiro atoms. The van der Waals surface area contributed by atoms with Crippen molar-refractivity contribution in [3.05, 3.63) is 52.7 Å². The summed E-state index contributed by atoms with van der Waals surface area (Å²) < 4.78 is 2.00. The van der Waals surface area contributed by atoms with Crippen LogP contribution in [0.4, 0.5) is 5.82 Å². The van der Waals surface area contributed by atoms with Crippen molar-refractivity contribution >= 4 is 17.6 Å². The van der Waals surface area contributed by atoms with Gasteiger partial charge >= 0.3 is 0 Å². The number of likely N-dealkylation sites (tertiary alicyclic amines) is 1. The van der Waals surface area contributed by atoms with Gasteiger partial charge in [0.1, 0.15) is 11.9 Å². The monoisotopic (exact) mass is 407 g/mol. The van der Waals surface area contributed by atoms with Gasteiger partial charge in [-0.25, -0.2) is 0 Å². The summed E-state index contributed by atoms with van der Waals surface area (Å²) in [6.07, 6.45) is 1.50. The Morgan fingerprint density at radius 3 is 2.43 bits per heavy atom. The molecule has 158 valence electrons. The Labute approximate surface area is 177 Å². The fourth-order valence-electron chi connectivity index (χ4n) is 4.03. The van der Waals surface area contributed by atoms with Crippen LogP contribution in [0.2, 0.25) is 0 Å². The lowest BCUT2D eigenvalue weighted by Gasteiger charge is -2.30. The van der Waals surface area contributed by atoms with Crippen molar-refractivity contribution in [3.8, 4) is 6.07 Å². The number of piperidine rings is 1. The minimum atomic E-state index is -0.142. The van der Waals surface area contributed by atoms with Gasteiger partial charge in [-0.05, 0) is 50.9 Å². The molecule has 2 N–H and O–H groups in total. The molecule has 0 bridgehead atoms. The number of benzene rings is 1. The fourth-order valence-corrected chi connectivity index (χ4v) is 4.03. The van der Waals surface area contributed by atoms with E-state index in [4.69, 9.17) is 0 Å². The quantitative estimate of drug-likeness (QED) is 0.770. The molecule has 1 aliphatic heterocycles. The fraction of sp³-hybridized carbons (Fsp3) is 0.435. The molecule has 3 rings (SSSR count). The van der Waals surface area contributed by atoms with E-state index in [9.17, 15) is 14.9 Å². The van der Waals surface area contributed by atoms with Crippen molar-refractivity contribution in [2.45, 2.75) is 33.2 Å². The lowest BCUT2D eigenvalue weighted by Crippen LogP contribution is -2.42. The number of carbonyl (C=O) groups is 2. The number of nitrogens with zero attached hydrogens (tertiary/aromatic N) is 3. The average molecular weight is 408 g/mol. The number of amides is 2. The standard InChI is InChI=1S/C23H29N5O2/c1-16-17(2)28(14-18-7-5-4-6-8-18)22(20(16)13-24)26-21(29)15-27-11-9-19(10-12-27)23(30)25-3/h4-8,19H,9-12,14-15H2,1-3H3,(H,25,30)(H,26,29). The van der Waals surface area contributed by atoms with Gasteiger partial charge in [0.15, 0.2) is 0 Å². The van der Waals surface area contributed by atoms with Gasteiger partial charge in [-0.15, -0.1) is 0 Å². The van der Waals surface area contributed by atoms with Crippen molar-refractivity contribution in [2.75, 3.05) is 32.0 Å². The SMILES string of the molecule is CNC(=O)C1CCN(CC(=O)Nc2c(C#N)c(C)c(C)n2Cc2ccccc2)CC1. The van der Waals surface area contributed by atoms with E-state index in [0.717, 1.165) is 29.7 Å². The maximum Gasteiger partial charge on any atom is 0.239 e. The van der Waals surface area contributed by atoms with Gasteiger partial charge in [-0.1, -0.05) is 30.3 Å². The molecule has 1 aromatic carbocycles. The van der Waals surface area contributed by atoms with Crippen LogP contribution in [0.15, 0.2) is 30.3 Å². The lowest BCUT2D eigenvalue weighted by atomic mass is 9.96. The molecule has 2 aromatic rings. The van der Waals surface area contributed by atoms with Crippen molar-refractivity contribution in [3.63, 3.8) is 0 Å². The zero-order chi connectivity index (χ0) is 21.7. The van der Waals surface area contributed by atoms with Crippen LogP contribution in [0.1, 0.15) is 35.2 Å². The largest absolute Gasteiger partial charge is 0.359 e. The van der Waals surface area contributed by atoms with Crippen molar-refractivity contribution in [1.29, 1.82) is 5.26 Å². The molecule has 7 heteroatoms. The number of carbonyl (C=O) groups excluding carboxylic acids is 2. The predicted molar refractivity (Wildman–Crippen MR) is 116 cm³/mol. The van der Waals surface area contributed by atoms with Gasteiger partial charge in [0, 0.05) is 25.2 Å². The van der Waals surface area contributed by atoms with E-state index in [1.54, 1.807) is 7.05 Å². The molecule has 0 unspecified atom stereocenters. The normalized spacial score (nSPS) is 14.9. The summed E-state index contributed by atoms with van der Waals surface area (Å²) in [5.41, 5.74) is 3.47. The summed E-state index contributed by atoms with van der Waals surface area (Å²) in [5.74, 6) is 0.508. The third kappa shape index (κ3) is 4.71. The molecule has 1 saturated heterocycles. The van der Waals surface area contributed by atoms with E-state index >= 15 is 0 Å². The third-order valence-electron chi connectivity index (χ3n) is 5.95. The topological polar surface area (TPSA) is 90.2 Å². The lowest BCUT2D eigenvalue weighted by molar-refractivity contribution is -0.126. The average Bonchev–Trinajstić information content (AvgIpc) is 2.98. The number of anilines is 1. The zero-order valence-corrected chi connectivity index (χ0v) is 17.9. The van der Waals surface area contributed by atoms with Gasteiger partial charge < -0.3 is 15.2 Å². The zero-order valence-electron chi connectivity index (χ0n) is 17.9. The van der Waals surface area contributed by atoms with E-state index in [0.29, 0.717) is 31.0 Å². The molecule has 30 heavy (non-hydrogen) atoms. The van der Waals surface area contributed by atoms with Gasteiger partial charge in [0.2, 0.25) is 11.8 Å². The predicted octanol–water partition coefficient (Wildman–Crippen LogP) is 2.42. The van der Waals surface area contributed by atoms with Crippen LogP contribution in [-0.4, -0.2) is 48.0 Å². The first-order chi connectivity index (χ1) is 14.4. The Bertz CT molecular complexity index is 950. The highest BCUT2D eigenvalue weighted by Gasteiger charge is 2.26. The molecule has 0 saturated carbocycles. The number of aromatic nitrogens is 1. The van der Waals surface area contributed by atoms with E-state index < -0.39 is 0 Å². The minimum absolute atomic E-state index is 0.0212. The van der Waals surface area contributed by atoms with E-state index in [1.807, 2.05) is 48.7 Å². The van der Waals surface area contributed by atoms with Crippen LogP contribution in [0.25, 0.3) is 0 Å². The van der Waals surface area contributed by atoms with Gasteiger partial charge in [0.05, 0.1) is 12.1 Å². The Balaban J connectivity index is 1.71. The Morgan fingerprint density at radius 2 is 1.83 bits per heavy atom. The van der Waals surface area contributed by atoms with E-state index in [-0.39, 0.29) is 24.3 Å². The summed E-state index contributed by atoms with van der Waals surface area (Å²) in [6.45, 7) is 6.13. The van der Waals surface area contributed by atoms with Crippen LogP contribution in [0, 0.1) is 31.1 Å².